The van der Waals surface area contributed by atoms with Crippen LogP contribution in [0.15, 0.2) is 61.3 Å². The molecule has 3 rings (SSSR count). The summed E-state index contributed by atoms with van der Waals surface area (Å²) in [6.45, 7) is 4.18. The van der Waals surface area contributed by atoms with Crippen LogP contribution >= 0.6 is 0 Å². The first kappa shape index (κ1) is 16.8. The van der Waals surface area contributed by atoms with Crippen LogP contribution in [0.5, 0.6) is 5.75 Å². The summed E-state index contributed by atoms with van der Waals surface area (Å²) in [7, 11) is 1.96. The molecule has 0 spiro atoms. The standard InChI is InChI=1S/C20H19FN2O2/c1-3-20(24)22-12-15-10-18-17(8-9-23(18)2)19(11-15)25-13-14-4-6-16(21)7-5-14/h3-11H,1,12-13H2,2H3,(H,22,24). The zero-order valence-corrected chi connectivity index (χ0v) is 14.0. The van der Waals surface area contributed by atoms with Crippen molar-refractivity contribution < 1.29 is 13.9 Å². The number of fused-ring (bicyclic) bond motifs is 1. The number of rotatable bonds is 6. The van der Waals surface area contributed by atoms with Crippen molar-refractivity contribution in [1.29, 1.82) is 0 Å². The molecule has 25 heavy (non-hydrogen) atoms. The van der Waals surface area contributed by atoms with Gasteiger partial charge < -0.3 is 14.6 Å². The van der Waals surface area contributed by atoms with Crippen LogP contribution in [-0.2, 0) is 25.0 Å². The normalized spacial score (nSPS) is 10.6. The van der Waals surface area contributed by atoms with Crippen molar-refractivity contribution in [3.63, 3.8) is 0 Å². The van der Waals surface area contributed by atoms with Crippen LogP contribution in [0.25, 0.3) is 10.9 Å². The molecule has 2 aromatic carbocycles. The van der Waals surface area contributed by atoms with Gasteiger partial charge in [0.2, 0.25) is 5.91 Å². The molecule has 0 atom stereocenters. The number of benzene rings is 2. The van der Waals surface area contributed by atoms with E-state index in [2.05, 4.69) is 11.9 Å². The molecule has 0 aliphatic rings. The largest absolute Gasteiger partial charge is 0.488 e. The fraction of sp³-hybridized carbons (Fsp3) is 0.150. The Kier molecular flexibility index (Phi) is 4.84. The summed E-state index contributed by atoms with van der Waals surface area (Å²) >= 11 is 0. The smallest absolute Gasteiger partial charge is 0.243 e. The van der Waals surface area contributed by atoms with E-state index in [0.29, 0.717) is 13.2 Å². The van der Waals surface area contributed by atoms with Crippen LogP contribution in [0.2, 0.25) is 0 Å². The minimum Gasteiger partial charge on any atom is -0.488 e. The summed E-state index contributed by atoms with van der Waals surface area (Å²) in [6, 6.07) is 12.1. The first-order valence-electron chi connectivity index (χ1n) is 7.92. The van der Waals surface area contributed by atoms with Crippen LogP contribution in [-0.4, -0.2) is 10.5 Å². The molecular formula is C20H19FN2O2. The van der Waals surface area contributed by atoms with Gasteiger partial charge in [0.15, 0.2) is 0 Å². The van der Waals surface area contributed by atoms with Gasteiger partial charge in [-0.1, -0.05) is 18.7 Å². The molecule has 3 aromatic rings. The molecule has 0 saturated heterocycles. The number of nitrogens with zero attached hydrogens (tertiary/aromatic N) is 1. The van der Waals surface area contributed by atoms with Gasteiger partial charge in [-0.15, -0.1) is 0 Å². The maximum atomic E-state index is 13.0. The molecule has 5 heteroatoms. The highest BCUT2D eigenvalue weighted by molar-refractivity contribution is 5.88. The number of halogens is 1. The minimum absolute atomic E-state index is 0.222. The summed E-state index contributed by atoms with van der Waals surface area (Å²) < 4.78 is 21.0. The van der Waals surface area contributed by atoms with E-state index in [1.165, 1.54) is 18.2 Å². The lowest BCUT2D eigenvalue weighted by Gasteiger charge is -2.11. The van der Waals surface area contributed by atoms with E-state index in [4.69, 9.17) is 4.74 Å². The molecule has 4 nitrogen and oxygen atoms in total. The Bertz CT molecular complexity index is 913. The van der Waals surface area contributed by atoms with E-state index < -0.39 is 0 Å². The topological polar surface area (TPSA) is 43.3 Å². The van der Waals surface area contributed by atoms with Gasteiger partial charge in [-0.25, -0.2) is 4.39 Å². The molecule has 0 unspecified atom stereocenters. The monoisotopic (exact) mass is 338 g/mol. The average Bonchev–Trinajstić information content (AvgIpc) is 3.00. The van der Waals surface area contributed by atoms with Crippen molar-refractivity contribution in [2.45, 2.75) is 13.2 Å². The highest BCUT2D eigenvalue weighted by Gasteiger charge is 2.09. The third kappa shape index (κ3) is 3.88. The lowest BCUT2D eigenvalue weighted by Crippen LogP contribution is -2.20. The summed E-state index contributed by atoms with van der Waals surface area (Å²) in [5.74, 6) is 0.236. The molecule has 0 radical (unpaired) electrons. The van der Waals surface area contributed by atoms with E-state index in [-0.39, 0.29) is 11.7 Å². The Balaban J connectivity index is 1.85. The Morgan fingerprint density at radius 3 is 2.72 bits per heavy atom. The van der Waals surface area contributed by atoms with Crippen molar-refractivity contribution in [3.8, 4) is 5.75 Å². The molecule has 1 amide bonds. The Morgan fingerprint density at radius 2 is 2.00 bits per heavy atom. The van der Waals surface area contributed by atoms with Crippen molar-refractivity contribution >= 4 is 16.8 Å². The van der Waals surface area contributed by atoms with E-state index >= 15 is 0 Å². The van der Waals surface area contributed by atoms with Gasteiger partial charge in [0.1, 0.15) is 18.2 Å². The number of hydrogen-bond donors (Lipinski definition) is 1. The van der Waals surface area contributed by atoms with E-state index in [0.717, 1.165) is 27.8 Å². The second-order valence-corrected chi connectivity index (χ2v) is 5.79. The highest BCUT2D eigenvalue weighted by atomic mass is 19.1. The summed E-state index contributed by atoms with van der Waals surface area (Å²) in [6.07, 6.45) is 3.20. The maximum Gasteiger partial charge on any atom is 0.243 e. The van der Waals surface area contributed by atoms with Crippen LogP contribution in [0.4, 0.5) is 4.39 Å². The number of ether oxygens (including phenoxy) is 1. The molecule has 128 valence electrons. The predicted octanol–water partition coefficient (Wildman–Crippen LogP) is 3.70. The lowest BCUT2D eigenvalue weighted by molar-refractivity contribution is -0.116. The molecule has 1 heterocycles. The summed E-state index contributed by atoms with van der Waals surface area (Å²) in [4.78, 5) is 11.4. The first-order valence-corrected chi connectivity index (χ1v) is 7.92. The zero-order chi connectivity index (χ0) is 17.8. The van der Waals surface area contributed by atoms with Crippen LogP contribution < -0.4 is 10.1 Å². The van der Waals surface area contributed by atoms with E-state index in [1.54, 1.807) is 12.1 Å². The van der Waals surface area contributed by atoms with Gasteiger partial charge in [-0.05, 0) is 47.5 Å². The Morgan fingerprint density at radius 1 is 1.24 bits per heavy atom. The van der Waals surface area contributed by atoms with Gasteiger partial charge in [-0.2, -0.15) is 0 Å². The van der Waals surface area contributed by atoms with Crippen LogP contribution in [0.1, 0.15) is 11.1 Å². The van der Waals surface area contributed by atoms with Crippen molar-refractivity contribution in [2.75, 3.05) is 0 Å². The SMILES string of the molecule is C=CC(=O)NCc1cc(OCc2ccc(F)cc2)c2ccn(C)c2c1. The predicted molar refractivity (Wildman–Crippen MR) is 95.7 cm³/mol. The van der Waals surface area contributed by atoms with Crippen molar-refractivity contribution in [1.82, 2.24) is 9.88 Å². The van der Waals surface area contributed by atoms with Crippen LogP contribution in [0, 0.1) is 5.82 Å². The summed E-state index contributed by atoms with van der Waals surface area (Å²) in [5, 5.41) is 3.76. The number of carbonyl (C=O) groups is 1. The first-order chi connectivity index (χ1) is 12.1. The quantitative estimate of drug-likeness (QED) is 0.697. The number of carbonyl (C=O) groups excluding carboxylic acids is 1. The van der Waals surface area contributed by atoms with Crippen molar-refractivity contribution in [2.24, 2.45) is 7.05 Å². The van der Waals surface area contributed by atoms with Gasteiger partial charge in [-0.3, -0.25) is 4.79 Å². The van der Waals surface area contributed by atoms with E-state index in [1.807, 2.05) is 36.0 Å². The van der Waals surface area contributed by atoms with Gasteiger partial charge in [0, 0.05) is 25.2 Å². The molecule has 1 N–H and O–H groups in total. The third-order valence-electron chi connectivity index (χ3n) is 3.98. The Labute approximate surface area is 145 Å². The zero-order valence-electron chi connectivity index (χ0n) is 14.0. The number of amides is 1. The molecule has 0 saturated carbocycles. The van der Waals surface area contributed by atoms with Gasteiger partial charge in [0.25, 0.3) is 0 Å². The third-order valence-corrected chi connectivity index (χ3v) is 3.98. The maximum absolute atomic E-state index is 13.0. The fourth-order valence-corrected chi connectivity index (χ4v) is 2.62. The van der Waals surface area contributed by atoms with Gasteiger partial charge >= 0.3 is 0 Å². The average molecular weight is 338 g/mol. The molecule has 1 aromatic heterocycles. The highest BCUT2D eigenvalue weighted by Crippen LogP contribution is 2.29. The molecule has 0 bridgehead atoms. The lowest BCUT2D eigenvalue weighted by atomic mass is 10.1. The number of hydrogen-bond acceptors (Lipinski definition) is 2. The van der Waals surface area contributed by atoms with Crippen LogP contribution in [0.3, 0.4) is 0 Å². The fourth-order valence-electron chi connectivity index (χ4n) is 2.62. The molecule has 0 aliphatic heterocycles. The van der Waals surface area contributed by atoms with E-state index in [9.17, 15) is 9.18 Å². The molecule has 0 aliphatic carbocycles. The number of nitrogens with one attached hydrogen (secondary N) is 1. The minimum atomic E-state index is -0.269. The molecule has 0 fully saturated rings. The number of aryl methyl sites for hydroxylation is 1. The number of aromatic nitrogens is 1. The Hall–Kier alpha value is -3.08. The van der Waals surface area contributed by atoms with Gasteiger partial charge in [0.05, 0.1) is 5.52 Å². The summed E-state index contributed by atoms with van der Waals surface area (Å²) in [5.41, 5.74) is 2.83. The second-order valence-electron chi connectivity index (χ2n) is 5.79. The van der Waals surface area contributed by atoms with Crippen molar-refractivity contribution in [3.05, 3.63) is 78.3 Å². The second kappa shape index (κ2) is 7.21. The molecular weight excluding hydrogens is 319 g/mol.